The standard InChI is InChI=1S/C14H11NO2S2/c1-17-14(16)15-10-4-2-3-5-12(10)19-13-7-6-9(18)8-11(13)15/h2-8,18H,1H3. The highest BCUT2D eigenvalue weighted by Crippen LogP contribution is 2.48. The van der Waals surface area contributed by atoms with Crippen LogP contribution in [-0.2, 0) is 4.74 Å². The molecular formula is C14H11NO2S2. The molecule has 0 fully saturated rings. The Kier molecular flexibility index (Phi) is 3.16. The maximum atomic E-state index is 12.1. The molecule has 0 saturated heterocycles. The van der Waals surface area contributed by atoms with Crippen molar-refractivity contribution in [2.24, 2.45) is 0 Å². The largest absolute Gasteiger partial charge is 0.452 e. The highest BCUT2D eigenvalue weighted by Gasteiger charge is 2.28. The normalized spacial score (nSPS) is 12.6. The van der Waals surface area contributed by atoms with Crippen LogP contribution in [0.2, 0.25) is 0 Å². The zero-order valence-electron chi connectivity index (χ0n) is 10.2. The summed E-state index contributed by atoms with van der Waals surface area (Å²) in [5, 5.41) is 0. The van der Waals surface area contributed by atoms with Crippen LogP contribution in [0.1, 0.15) is 0 Å². The molecule has 1 heterocycles. The Morgan fingerprint density at radius 2 is 1.89 bits per heavy atom. The van der Waals surface area contributed by atoms with Gasteiger partial charge in [0, 0.05) is 14.7 Å². The molecule has 0 N–H and O–H groups in total. The zero-order chi connectivity index (χ0) is 13.4. The number of hydrogen-bond acceptors (Lipinski definition) is 4. The third-order valence-electron chi connectivity index (χ3n) is 2.87. The van der Waals surface area contributed by atoms with E-state index in [0.717, 1.165) is 26.1 Å². The van der Waals surface area contributed by atoms with Crippen molar-refractivity contribution in [2.75, 3.05) is 12.0 Å². The molecule has 96 valence electrons. The fourth-order valence-electron chi connectivity index (χ4n) is 2.03. The van der Waals surface area contributed by atoms with Gasteiger partial charge < -0.3 is 4.74 Å². The molecule has 1 amide bonds. The number of methoxy groups -OCH3 is 1. The molecule has 0 spiro atoms. The van der Waals surface area contributed by atoms with Crippen molar-refractivity contribution in [1.82, 2.24) is 0 Å². The molecular weight excluding hydrogens is 278 g/mol. The molecule has 1 aliphatic heterocycles. The van der Waals surface area contributed by atoms with E-state index in [2.05, 4.69) is 12.6 Å². The second-order valence-corrected chi connectivity index (χ2v) is 5.63. The average Bonchev–Trinajstić information content (AvgIpc) is 2.44. The molecule has 3 rings (SSSR count). The smallest absolute Gasteiger partial charge is 0.418 e. The molecule has 1 aliphatic rings. The van der Waals surface area contributed by atoms with Crippen LogP contribution in [0.25, 0.3) is 0 Å². The lowest BCUT2D eigenvalue weighted by Crippen LogP contribution is -2.28. The minimum Gasteiger partial charge on any atom is -0.452 e. The molecule has 0 atom stereocenters. The van der Waals surface area contributed by atoms with E-state index in [9.17, 15) is 4.79 Å². The lowest BCUT2D eigenvalue weighted by atomic mass is 10.2. The summed E-state index contributed by atoms with van der Waals surface area (Å²) in [6, 6.07) is 13.5. The quantitative estimate of drug-likeness (QED) is 0.731. The molecule has 19 heavy (non-hydrogen) atoms. The van der Waals surface area contributed by atoms with Gasteiger partial charge in [0.1, 0.15) is 0 Å². The minimum absolute atomic E-state index is 0.395. The minimum atomic E-state index is -0.395. The Bertz CT molecular complexity index is 658. The predicted octanol–water partition coefficient (Wildman–Crippen LogP) is 4.34. The van der Waals surface area contributed by atoms with E-state index in [1.165, 1.54) is 7.11 Å². The van der Waals surface area contributed by atoms with Crippen molar-refractivity contribution in [3.8, 4) is 0 Å². The van der Waals surface area contributed by atoms with Crippen molar-refractivity contribution in [1.29, 1.82) is 0 Å². The number of carbonyl (C=O) groups excluding carboxylic acids is 1. The van der Waals surface area contributed by atoms with Gasteiger partial charge in [0.2, 0.25) is 0 Å². The first kappa shape index (κ1) is 12.4. The van der Waals surface area contributed by atoms with E-state index < -0.39 is 6.09 Å². The molecule has 0 aromatic heterocycles. The maximum Gasteiger partial charge on any atom is 0.418 e. The van der Waals surface area contributed by atoms with Gasteiger partial charge in [-0.05, 0) is 30.3 Å². The van der Waals surface area contributed by atoms with Crippen molar-refractivity contribution < 1.29 is 9.53 Å². The molecule has 0 aliphatic carbocycles. The summed E-state index contributed by atoms with van der Waals surface area (Å²) in [6.07, 6.45) is -0.395. The number of anilines is 2. The number of benzene rings is 2. The van der Waals surface area contributed by atoms with Crippen LogP contribution in [0.4, 0.5) is 16.2 Å². The van der Waals surface area contributed by atoms with Crippen LogP contribution in [0.5, 0.6) is 0 Å². The van der Waals surface area contributed by atoms with Gasteiger partial charge >= 0.3 is 6.09 Å². The van der Waals surface area contributed by atoms with Gasteiger partial charge in [0.05, 0.1) is 18.5 Å². The zero-order valence-corrected chi connectivity index (χ0v) is 11.9. The number of fused-ring (bicyclic) bond motifs is 2. The van der Waals surface area contributed by atoms with Gasteiger partial charge in [0.25, 0.3) is 0 Å². The fraction of sp³-hybridized carbons (Fsp3) is 0.0714. The summed E-state index contributed by atoms with van der Waals surface area (Å²) in [5.41, 5.74) is 1.65. The van der Waals surface area contributed by atoms with E-state index in [1.54, 1.807) is 16.7 Å². The summed E-state index contributed by atoms with van der Waals surface area (Å²) in [5.74, 6) is 0. The number of hydrogen-bond donors (Lipinski definition) is 1. The van der Waals surface area contributed by atoms with Crippen LogP contribution in [0.3, 0.4) is 0 Å². The number of para-hydroxylation sites is 1. The number of carbonyl (C=O) groups is 1. The van der Waals surface area contributed by atoms with Gasteiger partial charge in [0.15, 0.2) is 0 Å². The number of ether oxygens (including phenoxy) is 1. The second kappa shape index (κ2) is 4.83. The van der Waals surface area contributed by atoms with E-state index in [1.807, 2.05) is 42.5 Å². The van der Waals surface area contributed by atoms with Crippen molar-refractivity contribution in [2.45, 2.75) is 14.7 Å². The molecule has 3 nitrogen and oxygen atoms in total. The monoisotopic (exact) mass is 289 g/mol. The maximum absolute atomic E-state index is 12.1. The Labute approximate surface area is 121 Å². The lowest BCUT2D eigenvalue weighted by molar-refractivity contribution is 0.181. The number of amides is 1. The average molecular weight is 289 g/mol. The summed E-state index contributed by atoms with van der Waals surface area (Å²) in [4.78, 5) is 16.5. The second-order valence-electron chi connectivity index (χ2n) is 4.03. The SMILES string of the molecule is COC(=O)N1c2ccccc2Sc2ccc(S)cc21. The van der Waals surface area contributed by atoms with Gasteiger partial charge in [-0.2, -0.15) is 0 Å². The van der Waals surface area contributed by atoms with Gasteiger partial charge in [-0.25, -0.2) is 9.69 Å². The molecule has 0 bridgehead atoms. The van der Waals surface area contributed by atoms with Crippen molar-refractivity contribution >= 4 is 41.9 Å². The summed E-state index contributed by atoms with van der Waals surface area (Å²) < 4.78 is 4.90. The van der Waals surface area contributed by atoms with Gasteiger partial charge in [-0.1, -0.05) is 23.9 Å². The highest BCUT2D eigenvalue weighted by atomic mass is 32.2. The Balaban J connectivity index is 2.22. The van der Waals surface area contributed by atoms with Crippen LogP contribution < -0.4 is 4.90 Å². The summed E-state index contributed by atoms with van der Waals surface area (Å²) in [7, 11) is 1.39. The third kappa shape index (κ3) is 2.09. The van der Waals surface area contributed by atoms with Crippen molar-refractivity contribution in [3.63, 3.8) is 0 Å². The first-order valence-corrected chi connectivity index (χ1v) is 6.95. The molecule has 0 saturated carbocycles. The summed E-state index contributed by atoms with van der Waals surface area (Å²) in [6.45, 7) is 0. The molecule has 5 heteroatoms. The van der Waals surface area contributed by atoms with Crippen LogP contribution >= 0.6 is 24.4 Å². The third-order valence-corrected chi connectivity index (χ3v) is 4.28. The lowest BCUT2D eigenvalue weighted by Gasteiger charge is -2.29. The number of nitrogens with zero attached hydrogens (tertiary/aromatic N) is 1. The molecule has 2 aromatic carbocycles. The van der Waals surface area contributed by atoms with Crippen molar-refractivity contribution in [3.05, 3.63) is 42.5 Å². The van der Waals surface area contributed by atoms with E-state index in [-0.39, 0.29) is 0 Å². The topological polar surface area (TPSA) is 29.5 Å². The predicted molar refractivity (Wildman–Crippen MR) is 78.8 cm³/mol. The molecule has 2 aromatic rings. The van der Waals surface area contributed by atoms with E-state index in [0.29, 0.717) is 0 Å². The number of rotatable bonds is 0. The fourth-order valence-corrected chi connectivity index (χ4v) is 3.27. The molecule has 0 unspecified atom stereocenters. The van der Waals surface area contributed by atoms with Gasteiger partial charge in [-0.15, -0.1) is 12.6 Å². The Morgan fingerprint density at radius 3 is 2.68 bits per heavy atom. The van der Waals surface area contributed by atoms with E-state index in [4.69, 9.17) is 4.74 Å². The molecule has 0 radical (unpaired) electrons. The Hall–Kier alpha value is -1.59. The number of thiol groups is 1. The van der Waals surface area contributed by atoms with Crippen LogP contribution in [0.15, 0.2) is 57.2 Å². The Morgan fingerprint density at radius 1 is 1.16 bits per heavy atom. The van der Waals surface area contributed by atoms with Crippen LogP contribution in [0, 0.1) is 0 Å². The van der Waals surface area contributed by atoms with Crippen LogP contribution in [-0.4, -0.2) is 13.2 Å². The first-order valence-electron chi connectivity index (χ1n) is 5.68. The highest BCUT2D eigenvalue weighted by molar-refractivity contribution is 7.99. The summed E-state index contributed by atoms with van der Waals surface area (Å²) >= 11 is 5.98. The van der Waals surface area contributed by atoms with Gasteiger partial charge in [-0.3, -0.25) is 0 Å². The van der Waals surface area contributed by atoms with E-state index >= 15 is 0 Å². The first-order chi connectivity index (χ1) is 9.20.